The smallest absolute Gasteiger partial charge is 0.222 e. The zero-order chi connectivity index (χ0) is 19.1. The van der Waals surface area contributed by atoms with Crippen molar-refractivity contribution in [3.8, 4) is 0 Å². The maximum atomic E-state index is 12.3. The van der Waals surface area contributed by atoms with Gasteiger partial charge in [0.25, 0.3) is 0 Å². The van der Waals surface area contributed by atoms with Crippen molar-refractivity contribution in [2.24, 2.45) is 11.7 Å². The van der Waals surface area contributed by atoms with E-state index in [1.807, 2.05) is 36.4 Å². The van der Waals surface area contributed by atoms with Gasteiger partial charge in [0.2, 0.25) is 5.91 Å². The van der Waals surface area contributed by atoms with Crippen molar-refractivity contribution in [1.82, 2.24) is 10.2 Å². The summed E-state index contributed by atoms with van der Waals surface area (Å²) in [6, 6.07) is 17.9. The van der Waals surface area contributed by atoms with Crippen LogP contribution in [0.5, 0.6) is 0 Å². The van der Waals surface area contributed by atoms with E-state index in [0.29, 0.717) is 13.0 Å². The highest BCUT2D eigenvalue weighted by atomic mass is 16.1. The first-order valence-electron chi connectivity index (χ1n) is 9.98. The molecule has 0 bridgehead atoms. The summed E-state index contributed by atoms with van der Waals surface area (Å²) in [6.07, 6.45) is 2.91. The highest BCUT2D eigenvalue weighted by Gasteiger charge is 2.17. The monoisotopic (exact) mass is 365 g/mol. The topological polar surface area (TPSA) is 58.4 Å². The Kier molecular flexibility index (Phi) is 7.02. The van der Waals surface area contributed by atoms with Crippen LogP contribution >= 0.6 is 0 Å². The van der Waals surface area contributed by atoms with Crippen LogP contribution in [-0.2, 0) is 17.9 Å². The molecule has 1 aliphatic heterocycles. The second-order valence-corrected chi connectivity index (χ2v) is 7.75. The van der Waals surface area contributed by atoms with E-state index >= 15 is 0 Å². The Morgan fingerprint density at radius 3 is 2.59 bits per heavy atom. The van der Waals surface area contributed by atoms with Crippen molar-refractivity contribution in [3.05, 3.63) is 71.3 Å². The molecule has 4 nitrogen and oxygen atoms in total. The summed E-state index contributed by atoms with van der Waals surface area (Å²) in [4.78, 5) is 14.9. The van der Waals surface area contributed by atoms with E-state index in [0.717, 1.165) is 31.1 Å². The molecule has 2 aromatic carbocycles. The number of likely N-dealkylation sites (tertiary alicyclic amines) is 1. The SMILES string of the molecule is CC1CCCN(Cc2ccccc2CNC(=O)CC(N)c2ccccc2)C1. The minimum Gasteiger partial charge on any atom is -0.352 e. The number of rotatable bonds is 7. The van der Waals surface area contributed by atoms with Crippen LogP contribution in [0.25, 0.3) is 0 Å². The molecule has 2 aromatic rings. The highest BCUT2D eigenvalue weighted by Crippen LogP contribution is 2.20. The van der Waals surface area contributed by atoms with E-state index in [9.17, 15) is 4.79 Å². The van der Waals surface area contributed by atoms with E-state index in [4.69, 9.17) is 5.73 Å². The largest absolute Gasteiger partial charge is 0.352 e. The van der Waals surface area contributed by atoms with Gasteiger partial charge >= 0.3 is 0 Å². The first-order valence-corrected chi connectivity index (χ1v) is 9.98. The molecule has 27 heavy (non-hydrogen) atoms. The van der Waals surface area contributed by atoms with Crippen LogP contribution < -0.4 is 11.1 Å². The molecule has 2 unspecified atom stereocenters. The summed E-state index contributed by atoms with van der Waals surface area (Å²) in [5.41, 5.74) is 9.65. The number of benzene rings is 2. The van der Waals surface area contributed by atoms with E-state index in [2.05, 4.69) is 35.3 Å². The van der Waals surface area contributed by atoms with Crippen LogP contribution in [0.1, 0.15) is 48.9 Å². The maximum Gasteiger partial charge on any atom is 0.222 e. The highest BCUT2D eigenvalue weighted by molar-refractivity contribution is 5.76. The maximum absolute atomic E-state index is 12.3. The molecule has 0 spiro atoms. The number of nitrogens with zero attached hydrogens (tertiary/aromatic N) is 1. The van der Waals surface area contributed by atoms with Gasteiger partial charge in [0.15, 0.2) is 0 Å². The minimum atomic E-state index is -0.267. The first-order chi connectivity index (χ1) is 13.1. The van der Waals surface area contributed by atoms with Gasteiger partial charge in [-0.1, -0.05) is 61.5 Å². The van der Waals surface area contributed by atoms with Crippen LogP contribution in [0.4, 0.5) is 0 Å². The van der Waals surface area contributed by atoms with E-state index in [1.165, 1.54) is 24.0 Å². The summed E-state index contributed by atoms with van der Waals surface area (Å²) in [5, 5.41) is 3.05. The Morgan fingerprint density at radius 2 is 1.85 bits per heavy atom. The predicted molar refractivity (Wildman–Crippen MR) is 110 cm³/mol. The summed E-state index contributed by atoms with van der Waals surface area (Å²) in [5.74, 6) is 0.762. The van der Waals surface area contributed by atoms with Crippen molar-refractivity contribution >= 4 is 5.91 Å². The molecular weight excluding hydrogens is 334 g/mol. The van der Waals surface area contributed by atoms with Crippen LogP contribution in [-0.4, -0.2) is 23.9 Å². The molecule has 0 radical (unpaired) electrons. The molecule has 0 aliphatic carbocycles. The summed E-state index contributed by atoms with van der Waals surface area (Å²) < 4.78 is 0. The van der Waals surface area contributed by atoms with Gasteiger partial charge in [-0.05, 0) is 42.0 Å². The molecule has 0 saturated carbocycles. The van der Waals surface area contributed by atoms with Crippen LogP contribution in [0.2, 0.25) is 0 Å². The number of hydrogen-bond acceptors (Lipinski definition) is 3. The lowest BCUT2D eigenvalue weighted by Gasteiger charge is -2.31. The molecule has 4 heteroatoms. The van der Waals surface area contributed by atoms with E-state index < -0.39 is 0 Å². The zero-order valence-corrected chi connectivity index (χ0v) is 16.2. The average molecular weight is 366 g/mol. The fourth-order valence-electron chi connectivity index (χ4n) is 3.84. The van der Waals surface area contributed by atoms with Crippen LogP contribution in [0.3, 0.4) is 0 Å². The van der Waals surface area contributed by atoms with Crippen molar-refractivity contribution in [1.29, 1.82) is 0 Å². The zero-order valence-electron chi connectivity index (χ0n) is 16.2. The third kappa shape index (κ3) is 5.91. The van der Waals surface area contributed by atoms with Gasteiger partial charge in [0.05, 0.1) is 0 Å². The third-order valence-electron chi connectivity index (χ3n) is 5.36. The lowest BCUT2D eigenvalue weighted by atomic mass is 9.99. The van der Waals surface area contributed by atoms with Gasteiger partial charge < -0.3 is 11.1 Å². The summed E-state index contributed by atoms with van der Waals surface area (Å²) in [7, 11) is 0. The Morgan fingerprint density at radius 1 is 1.15 bits per heavy atom. The van der Waals surface area contributed by atoms with Crippen molar-refractivity contribution in [2.75, 3.05) is 13.1 Å². The molecular formula is C23H31N3O. The lowest BCUT2D eigenvalue weighted by Crippen LogP contribution is -2.34. The van der Waals surface area contributed by atoms with Gasteiger partial charge in [-0.25, -0.2) is 0 Å². The van der Waals surface area contributed by atoms with Gasteiger partial charge in [-0.3, -0.25) is 9.69 Å². The van der Waals surface area contributed by atoms with E-state index in [-0.39, 0.29) is 11.9 Å². The molecule has 1 saturated heterocycles. The van der Waals surface area contributed by atoms with Crippen molar-refractivity contribution < 1.29 is 4.79 Å². The summed E-state index contributed by atoms with van der Waals surface area (Å²) >= 11 is 0. The second kappa shape index (κ2) is 9.67. The quantitative estimate of drug-likeness (QED) is 0.788. The predicted octanol–water partition coefficient (Wildman–Crippen LogP) is 3.62. The Labute approximate surface area is 162 Å². The van der Waals surface area contributed by atoms with Gasteiger partial charge in [-0.2, -0.15) is 0 Å². The Balaban J connectivity index is 1.54. The number of carbonyl (C=O) groups excluding carboxylic acids is 1. The van der Waals surface area contributed by atoms with Crippen molar-refractivity contribution in [3.63, 3.8) is 0 Å². The lowest BCUT2D eigenvalue weighted by molar-refractivity contribution is -0.121. The first kappa shape index (κ1) is 19.6. The molecule has 3 N–H and O–H groups in total. The number of carbonyl (C=O) groups is 1. The van der Waals surface area contributed by atoms with E-state index in [1.54, 1.807) is 0 Å². The summed E-state index contributed by atoms with van der Waals surface area (Å²) in [6.45, 7) is 6.16. The number of amides is 1. The van der Waals surface area contributed by atoms with Gasteiger partial charge in [0.1, 0.15) is 0 Å². The molecule has 3 rings (SSSR count). The molecule has 2 atom stereocenters. The Bertz CT molecular complexity index is 731. The third-order valence-corrected chi connectivity index (χ3v) is 5.36. The molecule has 1 aliphatic rings. The second-order valence-electron chi connectivity index (χ2n) is 7.75. The standard InChI is InChI=1S/C23H31N3O/c1-18-8-7-13-26(16-18)17-21-12-6-5-11-20(21)15-25-23(27)14-22(24)19-9-3-2-4-10-19/h2-6,9-12,18,22H,7-8,13-17,24H2,1H3,(H,25,27). The van der Waals surface area contributed by atoms with Crippen molar-refractivity contribution in [2.45, 2.75) is 45.3 Å². The number of nitrogens with one attached hydrogen (secondary N) is 1. The molecule has 144 valence electrons. The fourth-order valence-corrected chi connectivity index (χ4v) is 3.84. The van der Waals surface area contributed by atoms with Crippen LogP contribution in [0, 0.1) is 5.92 Å². The molecule has 1 fully saturated rings. The minimum absolute atomic E-state index is 0.00671. The number of piperidine rings is 1. The Hall–Kier alpha value is -2.17. The normalized spacial score (nSPS) is 18.8. The average Bonchev–Trinajstić information content (AvgIpc) is 2.68. The number of hydrogen-bond donors (Lipinski definition) is 2. The van der Waals surface area contributed by atoms with Crippen LogP contribution in [0.15, 0.2) is 54.6 Å². The van der Waals surface area contributed by atoms with Gasteiger partial charge in [0, 0.05) is 32.1 Å². The fraction of sp³-hybridized carbons (Fsp3) is 0.435. The number of nitrogens with two attached hydrogens (primary N) is 1. The molecule has 1 amide bonds. The van der Waals surface area contributed by atoms with Gasteiger partial charge in [-0.15, -0.1) is 0 Å². The molecule has 0 aromatic heterocycles. The molecule has 1 heterocycles.